The zero-order valence-corrected chi connectivity index (χ0v) is 10.1. The average molecular weight is 221 g/mol. The topological polar surface area (TPSA) is 58.3 Å². The van der Waals surface area contributed by atoms with Crippen molar-refractivity contribution in [1.82, 2.24) is 14.9 Å². The highest BCUT2D eigenvalue weighted by Crippen LogP contribution is 2.18. The van der Waals surface area contributed by atoms with Gasteiger partial charge in [0.05, 0.1) is 12.4 Å². The number of likely N-dealkylation sites (N-methyl/N-ethyl adjacent to an activating group) is 1. The van der Waals surface area contributed by atoms with Gasteiger partial charge in [-0.15, -0.1) is 0 Å². The summed E-state index contributed by atoms with van der Waals surface area (Å²) in [5.41, 5.74) is 5.53. The molecule has 0 spiro atoms. The van der Waals surface area contributed by atoms with Crippen LogP contribution < -0.4 is 10.6 Å². The van der Waals surface area contributed by atoms with E-state index in [0.29, 0.717) is 17.9 Å². The van der Waals surface area contributed by atoms with Gasteiger partial charge in [0.25, 0.3) is 0 Å². The molecule has 2 rings (SSSR count). The summed E-state index contributed by atoms with van der Waals surface area (Å²) in [5, 5.41) is 0. The van der Waals surface area contributed by atoms with Gasteiger partial charge in [-0.05, 0) is 20.9 Å². The van der Waals surface area contributed by atoms with E-state index in [9.17, 15) is 0 Å². The van der Waals surface area contributed by atoms with Crippen molar-refractivity contribution in [2.45, 2.75) is 25.9 Å². The number of nitrogens with two attached hydrogens (primary N) is 1. The van der Waals surface area contributed by atoms with Crippen molar-refractivity contribution in [2.75, 3.05) is 30.8 Å². The molecule has 2 atom stereocenters. The summed E-state index contributed by atoms with van der Waals surface area (Å²) in [6, 6.07) is 1.06. The lowest BCUT2D eigenvalue weighted by Crippen LogP contribution is -2.55. The fourth-order valence-electron chi connectivity index (χ4n) is 2.09. The molecular formula is C11H19N5. The molecule has 5 heteroatoms. The molecular weight excluding hydrogens is 202 g/mol. The fourth-order valence-corrected chi connectivity index (χ4v) is 2.09. The van der Waals surface area contributed by atoms with Crippen molar-refractivity contribution in [2.24, 2.45) is 0 Å². The van der Waals surface area contributed by atoms with Gasteiger partial charge < -0.3 is 10.6 Å². The van der Waals surface area contributed by atoms with Crippen LogP contribution in [-0.2, 0) is 0 Å². The minimum absolute atomic E-state index is 0.471. The first-order chi connectivity index (χ1) is 7.58. The zero-order valence-electron chi connectivity index (χ0n) is 10.1. The van der Waals surface area contributed by atoms with E-state index in [2.05, 4.69) is 40.7 Å². The molecule has 2 unspecified atom stereocenters. The van der Waals surface area contributed by atoms with Crippen LogP contribution in [0.1, 0.15) is 13.8 Å². The molecule has 1 aromatic heterocycles. The monoisotopic (exact) mass is 221 g/mol. The molecule has 0 amide bonds. The summed E-state index contributed by atoms with van der Waals surface area (Å²) in [6.45, 7) is 6.43. The number of hydrogen-bond acceptors (Lipinski definition) is 5. The number of rotatable bonds is 1. The van der Waals surface area contributed by atoms with E-state index in [1.54, 1.807) is 12.4 Å². The van der Waals surface area contributed by atoms with E-state index >= 15 is 0 Å². The van der Waals surface area contributed by atoms with Crippen LogP contribution in [0.25, 0.3) is 0 Å². The van der Waals surface area contributed by atoms with Crippen molar-refractivity contribution in [1.29, 1.82) is 0 Å². The molecule has 1 aromatic rings. The number of nitrogens with zero attached hydrogens (tertiary/aromatic N) is 4. The van der Waals surface area contributed by atoms with Gasteiger partial charge in [-0.1, -0.05) is 0 Å². The van der Waals surface area contributed by atoms with E-state index in [1.165, 1.54) is 0 Å². The SMILES string of the molecule is CC1CN(c2cnc(N)cn2)CC(C)N1C. The van der Waals surface area contributed by atoms with Gasteiger partial charge in [0.15, 0.2) is 0 Å². The van der Waals surface area contributed by atoms with Gasteiger partial charge in [0.2, 0.25) is 0 Å². The molecule has 0 aromatic carbocycles. The first-order valence-electron chi connectivity index (χ1n) is 5.62. The number of piperazine rings is 1. The third kappa shape index (κ3) is 2.09. The highest BCUT2D eigenvalue weighted by molar-refractivity contribution is 5.40. The molecule has 0 radical (unpaired) electrons. The number of aromatic nitrogens is 2. The minimum atomic E-state index is 0.471. The predicted molar refractivity (Wildman–Crippen MR) is 65.3 cm³/mol. The van der Waals surface area contributed by atoms with E-state index in [0.717, 1.165) is 18.9 Å². The molecule has 0 saturated carbocycles. The van der Waals surface area contributed by atoms with E-state index in [1.807, 2.05) is 0 Å². The van der Waals surface area contributed by atoms with Gasteiger partial charge in [0.1, 0.15) is 11.6 Å². The molecule has 2 N–H and O–H groups in total. The first-order valence-corrected chi connectivity index (χ1v) is 5.62. The third-order valence-corrected chi connectivity index (χ3v) is 3.34. The van der Waals surface area contributed by atoms with Gasteiger partial charge in [-0.3, -0.25) is 4.90 Å². The summed E-state index contributed by atoms with van der Waals surface area (Å²) >= 11 is 0. The van der Waals surface area contributed by atoms with Gasteiger partial charge in [-0.25, -0.2) is 9.97 Å². The van der Waals surface area contributed by atoms with Crippen molar-refractivity contribution in [3.63, 3.8) is 0 Å². The van der Waals surface area contributed by atoms with Crippen molar-refractivity contribution < 1.29 is 0 Å². The maximum absolute atomic E-state index is 5.53. The maximum atomic E-state index is 5.53. The number of anilines is 2. The Kier molecular flexibility index (Phi) is 2.96. The van der Waals surface area contributed by atoms with Crippen molar-refractivity contribution >= 4 is 11.6 Å². The molecule has 5 nitrogen and oxygen atoms in total. The smallest absolute Gasteiger partial charge is 0.147 e. The van der Waals surface area contributed by atoms with Crippen LogP contribution in [0.5, 0.6) is 0 Å². The Hall–Kier alpha value is -1.36. The number of nitrogen functional groups attached to an aromatic ring is 1. The minimum Gasteiger partial charge on any atom is -0.382 e. The van der Waals surface area contributed by atoms with Gasteiger partial charge >= 0.3 is 0 Å². The van der Waals surface area contributed by atoms with Crippen LogP contribution in [0, 0.1) is 0 Å². The van der Waals surface area contributed by atoms with E-state index in [4.69, 9.17) is 5.73 Å². The third-order valence-electron chi connectivity index (χ3n) is 3.34. The predicted octanol–water partition coefficient (Wildman–Crippen LogP) is 0.588. The Balaban J connectivity index is 2.13. The van der Waals surface area contributed by atoms with Crippen molar-refractivity contribution in [3.05, 3.63) is 12.4 Å². The maximum Gasteiger partial charge on any atom is 0.147 e. The largest absolute Gasteiger partial charge is 0.382 e. The fraction of sp³-hybridized carbons (Fsp3) is 0.636. The van der Waals surface area contributed by atoms with Crippen LogP contribution in [0.3, 0.4) is 0 Å². The Bertz CT molecular complexity index is 338. The normalized spacial score (nSPS) is 27.1. The molecule has 2 heterocycles. The molecule has 1 saturated heterocycles. The summed E-state index contributed by atoms with van der Waals surface area (Å²) in [6.07, 6.45) is 3.36. The summed E-state index contributed by atoms with van der Waals surface area (Å²) in [4.78, 5) is 13.1. The molecule has 0 bridgehead atoms. The van der Waals surface area contributed by atoms with Crippen LogP contribution in [-0.4, -0.2) is 47.1 Å². The Morgan fingerprint density at radius 1 is 1.19 bits per heavy atom. The van der Waals surface area contributed by atoms with E-state index < -0.39 is 0 Å². The Labute approximate surface area is 96.3 Å². The first kappa shape index (κ1) is 11.1. The quantitative estimate of drug-likeness (QED) is 0.752. The van der Waals surface area contributed by atoms with E-state index in [-0.39, 0.29) is 0 Å². The molecule has 16 heavy (non-hydrogen) atoms. The highest BCUT2D eigenvalue weighted by atomic mass is 15.3. The lowest BCUT2D eigenvalue weighted by atomic mass is 10.1. The second-order valence-corrected chi connectivity index (χ2v) is 4.57. The second-order valence-electron chi connectivity index (χ2n) is 4.57. The molecule has 88 valence electrons. The lowest BCUT2D eigenvalue weighted by molar-refractivity contribution is 0.169. The number of hydrogen-bond donors (Lipinski definition) is 1. The van der Waals surface area contributed by atoms with Crippen LogP contribution in [0.2, 0.25) is 0 Å². The standard InChI is InChI=1S/C11H19N5/c1-8-6-16(7-9(2)15(8)3)11-5-13-10(12)4-14-11/h4-5,8-9H,6-7H2,1-3H3,(H2,12,13). The summed E-state index contributed by atoms with van der Waals surface area (Å²) in [5.74, 6) is 1.39. The van der Waals surface area contributed by atoms with Crippen LogP contribution >= 0.6 is 0 Å². The van der Waals surface area contributed by atoms with Gasteiger partial charge in [0, 0.05) is 25.2 Å². The van der Waals surface area contributed by atoms with Crippen molar-refractivity contribution in [3.8, 4) is 0 Å². The molecule has 0 aliphatic carbocycles. The van der Waals surface area contributed by atoms with Gasteiger partial charge in [-0.2, -0.15) is 0 Å². The molecule has 1 aliphatic rings. The highest BCUT2D eigenvalue weighted by Gasteiger charge is 2.27. The summed E-state index contributed by atoms with van der Waals surface area (Å²) < 4.78 is 0. The molecule has 1 fully saturated rings. The average Bonchev–Trinajstić information content (AvgIpc) is 2.26. The zero-order chi connectivity index (χ0) is 11.7. The lowest BCUT2D eigenvalue weighted by Gasteiger charge is -2.42. The summed E-state index contributed by atoms with van der Waals surface area (Å²) in [7, 11) is 2.17. The Morgan fingerprint density at radius 2 is 1.81 bits per heavy atom. The van der Waals surface area contributed by atoms with Crippen LogP contribution in [0.15, 0.2) is 12.4 Å². The van der Waals surface area contributed by atoms with Crippen LogP contribution in [0.4, 0.5) is 11.6 Å². The second kappa shape index (κ2) is 4.25. The Morgan fingerprint density at radius 3 is 2.31 bits per heavy atom. The molecule has 1 aliphatic heterocycles.